The van der Waals surface area contributed by atoms with E-state index in [1.165, 1.54) is 12.8 Å². The average molecular weight is 443 g/mol. The van der Waals surface area contributed by atoms with Gasteiger partial charge in [-0.1, -0.05) is 6.07 Å². The number of halogens is 2. The highest BCUT2D eigenvalue weighted by molar-refractivity contribution is 5.92. The van der Waals surface area contributed by atoms with Crippen LogP contribution in [0.15, 0.2) is 18.3 Å². The molecular formula is C21H32Cl2N4O2. The van der Waals surface area contributed by atoms with E-state index in [2.05, 4.69) is 15.6 Å². The summed E-state index contributed by atoms with van der Waals surface area (Å²) in [5.74, 6) is 1.15. The Labute approximate surface area is 185 Å². The standard InChI is InChI=1S/C21H30N4O2.2ClH/c1-14-4-7-19(22-12-14)24-21(27)16-3-2-8-25(13-16)20(26)11-15-9-17-5-6-18(10-15)23-17;;/h4,7,12,15-18,23H,2-3,5-6,8-11,13H2,1H3,(H,22,24,27);2*1H. The predicted octanol–water partition coefficient (Wildman–Crippen LogP) is 3.33. The van der Waals surface area contributed by atoms with E-state index < -0.39 is 0 Å². The van der Waals surface area contributed by atoms with Gasteiger partial charge >= 0.3 is 0 Å². The normalized spacial score (nSPS) is 28.1. The molecule has 8 heteroatoms. The molecule has 162 valence electrons. The van der Waals surface area contributed by atoms with E-state index in [1.807, 2.05) is 24.0 Å². The summed E-state index contributed by atoms with van der Waals surface area (Å²) in [6, 6.07) is 4.99. The van der Waals surface area contributed by atoms with Crippen molar-refractivity contribution in [2.24, 2.45) is 11.8 Å². The minimum absolute atomic E-state index is 0. The minimum atomic E-state index is -0.144. The lowest BCUT2D eigenvalue weighted by Gasteiger charge is -2.34. The molecular weight excluding hydrogens is 411 g/mol. The summed E-state index contributed by atoms with van der Waals surface area (Å²) in [4.78, 5) is 31.6. The molecule has 1 aromatic heterocycles. The highest BCUT2D eigenvalue weighted by Gasteiger charge is 2.36. The highest BCUT2D eigenvalue weighted by atomic mass is 35.5. The predicted molar refractivity (Wildman–Crippen MR) is 119 cm³/mol. The van der Waals surface area contributed by atoms with E-state index in [-0.39, 0.29) is 42.5 Å². The second-order valence-corrected chi connectivity index (χ2v) is 8.57. The first-order valence-corrected chi connectivity index (χ1v) is 10.3. The zero-order chi connectivity index (χ0) is 18.8. The lowest BCUT2D eigenvalue weighted by molar-refractivity contribution is -0.135. The first-order valence-electron chi connectivity index (χ1n) is 10.3. The molecule has 2 bridgehead atoms. The molecule has 6 nitrogen and oxygen atoms in total. The van der Waals surface area contributed by atoms with Crippen LogP contribution < -0.4 is 10.6 Å². The van der Waals surface area contributed by atoms with Crippen molar-refractivity contribution in [1.82, 2.24) is 15.2 Å². The second kappa shape index (κ2) is 10.6. The summed E-state index contributed by atoms with van der Waals surface area (Å²) < 4.78 is 0. The number of pyridine rings is 1. The van der Waals surface area contributed by atoms with Crippen LogP contribution in [0.25, 0.3) is 0 Å². The maximum Gasteiger partial charge on any atom is 0.230 e. The van der Waals surface area contributed by atoms with Crippen LogP contribution in [-0.2, 0) is 9.59 Å². The molecule has 0 aromatic carbocycles. The average Bonchev–Trinajstić information content (AvgIpc) is 3.02. The lowest BCUT2D eigenvalue weighted by atomic mass is 9.88. The molecule has 3 aliphatic heterocycles. The first-order chi connectivity index (χ1) is 13.1. The van der Waals surface area contributed by atoms with Crippen LogP contribution in [0.2, 0.25) is 0 Å². The van der Waals surface area contributed by atoms with Gasteiger partial charge in [-0.05, 0) is 63.0 Å². The molecule has 1 aromatic rings. The first kappa shape index (κ1) is 23.9. The Morgan fingerprint density at radius 1 is 1.17 bits per heavy atom. The van der Waals surface area contributed by atoms with E-state index in [1.54, 1.807) is 6.20 Å². The monoisotopic (exact) mass is 442 g/mol. The highest BCUT2D eigenvalue weighted by Crippen LogP contribution is 2.33. The Hall–Kier alpha value is -1.37. The smallest absolute Gasteiger partial charge is 0.230 e. The summed E-state index contributed by atoms with van der Waals surface area (Å²) in [5.41, 5.74) is 1.06. The van der Waals surface area contributed by atoms with E-state index >= 15 is 0 Å². The maximum absolute atomic E-state index is 12.8. The molecule has 3 atom stereocenters. The third-order valence-corrected chi connectivity index (χ3v) is 6.34. The summed E-state index contributed by atoms with van der Waals surface area (Å²) in [5, 5.41) is 6.54. The lowest BCUT2D eigenvalue weighted by Crippen LogP contribution is -2.45. The number of aromatic nitrogens is 1. The molecule has 0 spiro atoms. The molecule has 2 amide bonds. The third kappa shape index (κ3) is 6.06. The fourth-order valence-corrected chi connectivity index (χ4v) is 4.91. The molecule has 0 radical (unpaired) electrons. The molecule has 4 heterocycles. The van der Waals surface area contributed by atoms with Crippen LogP contribution in [0, 0.1) is 18.8 Å². The summed E-state index contributed by atoms with van der Waals surface area (Å²) in [6.45, 7) is 3.29. The SMILES string of the molecule is Cc1ccc(NC(=O)C2CCCN(C(=O)CC3CC4CCC(C3)N4)C2)nc1.Cl.Cl. The fourth-order valence-electron chi connectivity index (χ4n) is 4.91. The molecule has 0 aliphatic carbocycles. The van der Waals surface area contributed by atoms with E-state index in [0.29, 0.717) is 36.8 Å². The summed E-state index contributed by atoms with van der Waals surface area (Å²) >= 11 is 0. The van der Waals surface area contributed by atoms with Crippen LogP contribution in [-0.4, -0.2) is 46.9 Å². The summed E-state index contributed by atoms with van der Waals surface area (Å²) in [6.07, 6.45) is 8.88. The number of aryl methyl sites for hydroxylation is 1. The quantitative estimate of drug-likeness (QED) is 0.749. The number of carbonyl (C=O) groups is 2. The number of nitrogens with zero attached hydrogens (tertiary/aromatic N) is 2. The van der Waals surface area contributed by atoms with Gasteiger partial charge in [0.25, 0.3) is 0 Å². The van der Waals surface area contributed by atoms with E-state index in [9.17, 15) is 9.59 Å². The van der Waals surface area contributed by atoms with Crippen LogP contribution in [0.3, 0.4) is 0 Å². The molecule has 29 heavy (non-hydrogen) atoms. The minimum Gasteiger partial charge on any atom is -0.342 e. The van der Waals surface area contributed by atoms with Gasteiger partial charge in [-0.25, -0.2) is 4.98 Å². The van der Waals surface area contributed by atoms with Crippen molar-refractivity contribution in [3.8, 4) is 0 Å². The molecule has 4 rings (SSSR count). The number of hydrogen-bond acceptors (Lipinski definition) is 4. The molecule has 3 fully saturated rings. The molecule has 3 saturated heterocycles. The zero-order valence-electron chi connectivity index (χ0n) is 16.9. The van der Waals surface area contributed by atoms with Crippen LogP contribution in [0.5, 0.6) is 0 Å². The van der Waals surface area contributed by atoms with E-state index in [4.69, 9.17) is 0 Å². The van der Waals surface area contributed by atoms with E-state index in [0.717, 1.165) is 37.8 Å². The number of rotatable bonds is 4. The van der Waals surface area contributed by atoms with Crippen LogP contribution >= 0.6 is 24.8 Å². The Morgan fingerprint density at radius 3 is 2.55 bits per heavy atom. The summed E-state index contributed by atoms with van der Waals surface area (Å²) in [7, 11) is 0. The number of piperidine rings is 2. The van der Waals surface area contributed by atoms with Gasteiger partial charge in [0.1, 0.15) is 5.82 Å². The van der Waals surface area contributed by atoms with Crippen molar-refractivity contribution in [2.75, 3.05) is 18.4 Å². The zero-order valence-corrected chi connectivity index (χ0v) is 18.6. The Bertz CT molecular complexity index is 688. The van der Waals surface area contributed by atoms with Gasteiger partial charge in [-0.15, -0.1) is 24.8 Å². The number of likely N-dealkylation sites (tertiary alicyclic amines) is 1. The molecule has 0 saturated carbocycles. The van der Waals surface area contributed by atoms with Crippen molar-refractivity contribution in [1.29, 1.82) is 0 Å². The second-order valence-electron chi connectivity index (χ2n) is 8.57. The molecule has 3 aliphatic rings. The number of fused-ring (bicyclic) bond motifs is 2. The van der Waals surface area contributed by atoms with Crippen LogP contribution in [0.4, 0.5) is 5.82 Å². The number of carbonyl (C=O) groups excluding carboxylic acids is 2. The fraction of sp³-hybridized carbons (Fsp3) is 0.667. The Morgan fingerprint density at radius 2 is 1.90 bits per heavy atom. The number of anilines is 1. The van der Waals surface area contributed by atoms with Gasteiger partial charge in [-0.2, -0.15) is 0 Å². The Balaban J connectivity index is 0.00000150. The van der Waals surface area contributed by atoms with Crippen molar-refractivity contribution in [2.45, 2.75) is 64.0 Å². The van der Waals surface area contributed by atoms with Gasteiger partial charge in [0.05, 0.1) is 5.92 Å². The van der Waals surface area contributed by atoms with Crippen molar-refractivity contribution in [3.05, 3.63) is 23.9 Å². The number of hydrogen-bond donors (Lipinski definition) is 2. The largest absolute Gasteiger partial charge is 0.342 e. The number of nitrogens with one attached hydrogen (secondary N) is 2. The van der Waals surface area contributed by atoms with Gasteiger partial charge in [-0.3, -0.25) is 9.59 Å². The van der Waals surface area contributed by atoms with Gasteiger partial charge < -0.3 is 15.5 Å². The van der Waals surface area contributed by atoms with Crippen molar-refractivity contribution >= 4 is 42.4 Å². The molecule has 2 N–H and O–H groups in total. The van der Waals surface area contributed by atoms with Gasteiger partial charge in [0, 0.05) is 37.8 Å². The third-order valence-electron chi connectivity index (χ3n) is 6.34. The molecule has 3 unspecified atom stereocenters. The van der Waals surface area contributed by atoms with Gasteiger partial charge in [0.2, 0.25) is 11.8 Å². The van der Waals surface area contributed by atoms with Crippen molar-refractivity contribution in [3.63, 3.8) is 0 Å². The maximum atomic E-state index is 12.8. The Kier molecular flexibility index (Phi) is 8.73. The number of amides is 2. The van der Waals surface area contributed by atoms with Gasteiger partial charge in [0.15, 0.2) is 0 Å². The topological polar surface area (TPSA) is 74.3 Å². The van der Waals surface area contributed by atoms with Crippen molar-refractivity contribution < 1.29 is 9.59 Å². The van der Waals surface area contributed by atoms with Crippen LogP contribution in [0.1, 0.15) is 50.5 Å².